The number of pyridine rings is 1. The molecule has 0 aliphatic carbocycles. The van der Waals surface area contributed by atoms with Crippen LogP contribution >= 0.6 is 0 Å². The zero-order valence-electron chi connectivity index (χ0n) is 19.6. The predicted octanol–water partition coefficient (Wildman–Crippen LogP) is 3.33. The van der Waals surface area contributed by atoms with E-state index in [-0.39, 0.29) is 17.9 Å². The van der Waals surface area contributed by atoms with Gasteiger partial charge in [-0.25, -0.2) is 0 Å². The minimum atomic E-state index is -0.477. The van der Waals surface area contributed by atoms with E-state index in [2.05, 4.69) is 5.32 Å². The maximum atomic E-state index is 13.4. The number of carbonyl (C=O) groups is 1. The fraction of sp³-hybridized carbons (Fsp3) is 0.185. The van der Waals surface area contributed by atoms with E-state index in [1.807, 2.05) is 30.3 Å². The molecule has 180 valence electrons. The lowest BCUT2D eigenvalue weighted by molar-refractivity contribution is 0.0952. The summed E-state index contributed by atoms with van der Waals surface area (Å²) < 4.78 is 11.9. The number of phenolic OH excluding ortho intramolecular Hbond substituents is 1. The highest BCUT2D eigenvalue weighted by molar-refractivity contribution is 6.00. The zero-order valence-corrected chi connectivity index (χ0v) is 19.6. The van der Waals surface area contributed by atoms with Gasteiger partial charge in [-0.3, -0.25) is 9.59 Å². The predicted molar refractivity (Wildman–Crippen MR) is 135 cm³/mol. The maximum Gasteiger partial charge on any atom is 0.264 e. The molecular formula is C27H27N3O5. The summed E-state index contributed by atoms with van der Waals surface area (Å²) in [5.74, 6) is 0.649. The van der Waals surface area contributed by atoms with Gasteiger partial charge >= 0.3 is 0 Å². The van der Waals surface area contributed by atoms with Gasteiger partial charge in [0.25, 0.3) is 11.5 Å². The van der Waals surface area contributed by atoms with E-state index >= 15 is 0 Å². The molecule has 0 saturated carbocycles. The average Bonchev–Trinajstić information content (AvgIpc) is 2.87. The fourth-order valence-electron chi connectivity index (χ4n) is 3.95. The van der Waals surface area contributed by atoms with Gasteiger partial charge in [0.2, 0.25) is 0 Å². The number of rotatable bonds is 8. The van der Waals surface area contributed by atoms with E-state index in [0.717, 1.165) is 16.9 Å². The summed E-state index contributed by atoms with van der Waals surface area (Å²) in [6.07, 6.45) is 0.498. The largest absolute Gasteiger partial charge is 0.504 e. The first kappa shape index (κ1) is 23.7. The molecule has 1 amide bonds. The number of methoxy groups -OCH3 is 2. The van der Waals surface area contributed by atoms with Crippen LogP contribution in [-0.2, 0) is 13.0 Å². The van der Waals surface area contributed by atoms with Crippen LogP contribution in [0.25, 0.3) is 10.9 Å². The Kier molecular flexibility index (Phi) is 6.91. The highest BCUT2D eigenvalue weighted by atomic mass is 16.5. The van der Waals surface area contributed by atoms with E-state index < -0.39 is 11.5 Å². The number of nitrogens with zero attached hydrogens (tertiary/aromatic N) is 1. The number of benzene rings is 3. The minimum Gasteiger partial charge on any atom is -0.504 e. The van der Waals surface area contributed by atoms with E-state index in [0.29, 0.717) is 35.3 Å². The lowest BCUT2D eigenvalue weighted by atomic mass is 10.1. The van der Waals surface area contributed by atoms with Crippen LogP contribution in [0, 0.1) is 0 Å². The van der Waals surface area contributed by atoms with Crippen LogP contribution in [0.5, 0.6) is 17.2 Å². The lowest BCUT2D eigenvalue weighted by Gasteiger charge is -2.15. The van der Waals surface area contributed by atoms with Gasteiger partial charge in [-0.15, -0.1) is 0 Å². The van der Waals surface area contributed by atoms with Crippen molar-refractivity contribution in [3.05, 3.63) is 93.8 Å². The SMILES string of the molecule is COc1ccc(Cn2c(=O)c(C(=O)NCCc3ccc(O)c(OC)c3)cc3c(N)cccc32)cc1. The zero-order chi connectivity index (χ0) is 24.9. The van der Waals surface area contributed by atoms with Crippen LogP contribution in [0.15, 0.2) is 71.5 Å². The van der Waals surface area contributed by atoms with Crippen molar-refractivity contribution in [1.82, 2.24) is 9.88 Å². The van der Waals surface area contributed by atoms with E-state index in [4.69, 9.17) is 15.2 Å². The van der Waals surface area contributed by atoms with Crippen LogP contribution in [0.4, 0.5) is 5.69 Å². The van der Waals surface area contributed by atoms with Gasteiger partial charge in [-0.1, -0.05) is 24.3 Å². The number of amides is 1. The monoisotopic (exact) mass is 473 g/mol. The van der Waals surface area contributed by atoms with Crippen molar-refractivity contribution in [3.8, 4) is 17.2 Å². The molecule has 1 aromatic heterocycles. The van der Waals surface area contributed by atoms with Gasteiger partial charge in [-0.05, 0) is 60.0 Å². The van der Waals surface area contributed by atoms with Crippen molar-refractivity contribution in [2.75, 3.05) is 26.5 Å². The second kappa shape index (κ2) is 10.2. The minimum absolute atomic E-state index is 0.0206. The summed E-state index contributed by atoms with van der Waals surface area (Å²) in [6.45, 7) is 0.574. The third-order valence-electron chi connectivity index (χ3n) is 5.86. The number of aromatic nitrogens is 1. The summed E-state index contributed by atoms with van der Waals surface area (Å²) >= 11 is 0. The molecule has 0 radical (unpaired) electrons. The number of nitrogen functional groups attached to an aromatic ring is 1. The number of aromatic hydroxyl groups is 1. The van der Waals surface area contributed by atoms with E-state index in [1.165, 1.54) is 7.11 Å². The Morgan fingerprint density at radius 1 is 1.00 bits per heavy atom. The molecule has 4 N–H and O–H groups in total. The Labute approximate surface area is 202 Å². The maximum absolute atomic E-state index is 13.4. The van der Waals surface area contributed by atoms with Crippen molar-refractivity contribution < 1.29 is 19.4 Å². The first-order valence-electron chi connectivity index (χ1n) is 11.1. The quantitative estimate of drug-likeness (QED) is 0.338. The first-order valence-corrected chi connectivity index (χ1v) is 11.1. The molecule has 1 heterocycles. The summed E-state index contributed by atoms with van der Waals surface area (Å²) in [4.78, 5) is 26.4. The topological polar surface area (TPSA) is 116 Å². The van der Waals surface area contributed by atoms with E-state index in [1.54, 1.807) is 48.1 Å². The number of anilines is 1. The molecule has 0 spiro atoms. The Bertz CT molecular complexity index is 1430. The van der Waals surface area contributed by atoms with Crippen LogP contribution in [0.2, 0.25) is 0 Å². The Morgan fingerprint density at radius 3 is 2.46 bits per heavy atom. The second-order valence-electron chi connectivity index (χ2n) is 8.09. The second-order valence-corrected chi connectivity index (χ2v) is 8.09. The van der Waals surface area contributed by atoms with Crippen molar-refractivity contribution >= 4 is 22.5 Å². The summed E-state index contributed by atoms with van der Waals surface area (Å²) in [6, 6.07) is 19.3. The molecule has 8 heteroatoms. The fourth-order valence-corrected chi connectivity index (χ4v) is 3.95. The summed E-state index contributed by atoms with van der Waals surface area (Å²) in [7, 11) is 3.07. The van der Waals surface area contributed by atoms with Crippen molar-refractivity contribution in [3.63, 3.8) is 0 Å². The Hall–Kier alpha value is -4.46. The molecule has 0 aliphatic heterocycles. The number of carbonyl (C=O) groups excluding carboxylic acids is 1. The highest BCUT2D eigenvalue weighted by Gasteiger charge is 2.17. The number of hydrogen-bond donors (Lipinski definition) is 3. The standard InChI is InChI=1S/C27H27N3O5/c1-34-19-9-6-18(7-10-19)16-30-23-5-3-4-22(28)20(23)15-21(27(30)33)26(32)29-13-12-17-8-11-24(31)25(14-17)35-2/h3-11,14-15,31H,12-13,16,28H2,1-2H3,(H,29,32). The van der Waals surface area contributed by atoms with Gasteiger partial charge in [0, 0.05) is 17.6 Å². The molecule has 0 atom stereocenters. The number of phenols is 1. The number of fused-ring (bicyclic) bond motifs is 1. The molecule has 0 fully saturated rings. The third kappa shape index (κ3) is 5.06. The Balaban J connectivity index is 1.61. The molecular weight excluding hydrogens is 446 g/mol. The normalized spacial score (nSPS) is 10.8. The van der Waals surface area contributed by atoms with Gasteiger partial charge in [0.15, 0.2) is 11.5 Å². The molecule has 35 heavy (non-hydrogen) atoms. The number of nitrogens with one attached hydrogen (secondary N) is 1. The smallest absolute Gasteiger partial charge is 0.264 e. The molecule has 0 saturated heterocycles. The number of hydrogen-bond acceptors (Lipinski definition) is 6. The molecule has 0 unspecified atom stereocenters. The molecule has 8 nitrogen and oxygen atoms in total. The van der Waals surface area contributed by atoms with Crippen LogP contribution in [0.3, 0.4) is 0 Å². The van der Waals surface area contributed by atoms with Gasteiger partial charge in [-0.2, -0.15) is 0 Å². The summed E-state index contributed by atoms with van der Waals surface area (Å²) in [5, 5.41) is 13.2. The molecule has 3 aromatic carbocycles. The van der Waals surface area contributed by atoms with Crippen LogP contribution < -0.4 is 26.1 Å². The van der Waals surface area contributed by atoms with Gasteiger partial charge < -0.3 is 30.2 Å². The van der Waals surface area contributed by atoms with Crippen molar-refractivity contribution in [2.45, 2.75) is 13.0 Å². The molecule has 0 bridgehead atoms. The molecule has 4 aromatic rings. The molecule has 0 aliphatic rings. The summed E-state index contributed by atoms with van der Waals surface area (Å²) in [5.41, 5.74) is 8.71. The third-order valence-corrected chi connectivity index (χ3v) is 5.86. The first-order chi connectivity index (χ1) is 16.9. The molecule has 4 rings (SSSR count). The van der Waals surface area contributed by atoms with Gasteiger partial charge in [0.05, 0.1) is 26.3 Å². The van der Waals surface area contributed by atoms with Crippen LogP contribution in [-0.4, -0.2) is 36.3 Å². The van der Waals surface area contributed by atoms with Crippen molar-refractivity contribution in [2.24, 2.45) is 0 Å². The lowest BCUT2D eigenvalue weighted by Crippen LogP contribution is -2.34. The number of nitrogens with two attached hydrogens (primary N) is 1. The van der Waals surface area contributed by atoms with E-state index in [9.17, 15) is 14.7 Å². The van der Waals surface area contributed by atoms with Crippen molar-refractivity contribution in [1.29, 1.82) is 0 Å². The average molecular weight is 474 g/mol. The van der Waals surface area contributed by atoms with Crippen LogP contribution in [0.1, 0.15) is 21.5 Å². The number of ether oxygens (including phenoxy) is 2. The Morgan fingerprint density at radius 2 is 1.74 bits per heavy atom. The van der Waals surface area contributed by atoms with Gasteiger partial charge in [0.1, 0.15) is 11.3 Å². The highest BCUT2D eigenvalue weighted by Crippen LogP contribution is 2.26.